The molecule has 0 bridgehead atoms. The fourth-order valence-corrected chi connectivity index (χ4v) is 2.80. The number of nitrogens with zero attached hydrogens (tertiary/aromatic N) is 3. The lowest BCUT2D eigenvalue weighted by Gasteiger charge is -2.11. The van der Waals surface area contributed by atoms with Gasteiger partial charge in [-0.25, -0.2) is 4.68 Å². The molecule has 0 saturated carbocycles. The molecule has 0 aliphatic carbocycles. The first-order valence-electron chi connectivity index (χ1n) is 9.85. The third kappa shape index (κ3) is 5.53. The molecular weight excluding hydrogens is 398 g/mol. The largest absolute Gasteiger partial charge is 0.348 e. The van der Waals surface area contributed by atoms with E-state index in [1.54, 1.807) is 24.4 Å². The standard InChI is InChI=1S/C22H23N5O4/c1-3-15(2)21(28)25-18-6-4-5-16(11-18)12-23-22(29)17-13-24-26(14-17)19-7-9-20(10-8-19)27(30)31/h4-11,13-15H,3,12H2,1-2H3,(H,23,29)(H,25,28). The second-order valence-electron chi connectivity index (χ2n) is 7.13. The van der Waals surface area contributed by atoms with E-state index in [-0.39, 0.29) is 30.0 Å². The molecule has 9 heteroatoms. The van der Waals surface area contributed by atoms with Crippen molar-refractivity contribution >= 4 is 23.2 Å². The van der Waals surface area contributed by atoms with E-state index in [0.717, 1.165) is 12.0 Å². The first-order valence-corrected chi connectivity index (χ1v) is 9.85. The maximum Gasteiger partial charge on any atom is 0.269 e. The van der Waals surface area contributed by atoms with E-state index in [1.165, 1.54) is 23.0 Å². The first-order chi connectivity index (χ1) is 14.9. The highest BCUT2D eigenvalue weighted by molar-refractivity contribution is 5.94. The summed E-state index contributed by atoms with van der Waals surface area (Å²) in [4.78, 5) is 34.8. The maximum absolute atomic E-state index is 12.5. The summed E-state index contributed by atoms with van der Waals surface area (Å²) in [6.45, 7) is 4.12. The second kappa shape index (κ2) is 9.66. The minimum atomic E-state index is -0.476. The minimum absolute atomic E-state index is 0.0172. The number of nitrogens with one attached hydrogen (secondary N) is 2. The van der Waals surface area contributed by atoms with Gasteiger partial charge in [-0.2, -0.15) is 5.10 Å². The van der Waals surface area contributed by atoms with Gasteiger partial charge in [0, 0.05) is 36.5 Å². The van der Waals surface area contributed by atoms with Gasteiger partial charge in [-0.05, 0) is 36.2 Å². The molecule has 1 heterocycles. The predicted molar refractivity (Wildman–Crippen MR) is 116 cm³/mol. The van der Waals surface area contributed by atoms with E-state index in [9.17, 15) is 19.7 Å². The molecule has 1 unspecified atom stereocenters. The lowest BCUT2D eigenvalue weighted by atomic mass is 10.1. The summed E-state index contributed by atoms with van der Waals surface area (Å²) < 4.78 is 1.48. The third-order valence-corrected chi connectivity index (χ3v) is 4.88. The van der Waals surface area contributed by atoms with Crippen LogP contribution in [0.25, 0.3) is 5.69 Å². The van der Waals surface area contributed by atoms with Crippen molar-refractivity contribution in [2.75, 3.05) is 5.32 Å². The van der Waals surface area contributed by atoms with Gasteiger partial charge >= 0.3 is 0 Å². The van der Waals surface area contributed by atoms with Crippen LogP contribution in [-0.4, -0.2) is 26.5 Å². The molecular formula is C22H23N5O4. The molecule has 0 aliphatic rings. The molecule has 3 rings (SSSR count). The molecule has 0 aliphatic heterocycles. The number of benzene rings is 2. The van der Waals surface area contributed by atoms with Crippen molar-refractivity contribution in [3.63, 3.8) is 0 Å². The molecule has 160 valence electrons. The number of hydrogen-bond donors (Lipinski definition) is 2. The van der Waals surface area contributed by atoms with Crippen molar-refractivity contribution in [3.05, 3.63) is 82.2 Å². The fourth-order valence-electron chi connectivity index (χ4n) is 2.80. The Labute approximate surface area is 179 Å². The van der Waals surface area contributed by atoms with Crippen molar-refractivity contribution in [1.29, 1.82) is 0 Å². The van der Waals surface area contributed by atoms with Crippen molar-refractivity contribution in [2.45, 2.75) is 26.8 Å². The maximum atomic E-state index is 12.5. The van der Waals surface area contributed by atoms with Gasteiger partial charge in [0.1, 0.15) is 0 Å². The van der Waals surface area contributed by atoms with E-state index < -0.39 is 4.92 Å². The number of amides is 2. The quantitative estimate of drug-likeness (QED) is 0.425. The molecule has 0 spiro atoms. The van der Waals surface area contributed by atoms with E-state index in [4.69, 9.17) is 0 Å². The van der Waals surface area contributed by atoms with Crippen LogP contribution in [0.5, 0.6) is 0 Å². The van der Waals surface area contributed by atoms with Crippen molar-refractivity contribution in [1.82, 2.24) is 15.1 Å². The second-order valence-corrected chi connectivity index (χ2v) is 7.13. The average molecular weight is 421 g/mol. The Morgan fingerprint density at radius 2 is 1.94 bits per heavy atom. The Morgan fingerprint density at radius 3 is 2.61 bits per heavy atom. The molecule has 2 N–H and O–H groups in total. The van der Waals surface area contributed by atoms with Crippen LogP contribution in [0.3, 0.4) is 0 Å². The third-order valence-electron chi connectivity index (χ3n) is 4.88. The van der Waals surface area contributed by atoms with Crippen LogP contribution in [0.1, 0.15) is 36.2 Å². The van der Waals surface area contributed by atoms with E-state index in [2.05, 4.69) is 15.7 Å². The normalized spacial score (nSPS) is 11.5. The van der Waals surface area contributed by atoms with Crippen LogP contribution in [0, 0.1) is 16.0 Å². The molecule has 9 nitrogen and oxygen atoms in total. The van der Waals surface area contributed by atoms with Crippen LogP contribution >= 0.6 is 0 Å². The lowest BCUT2D eigenvalue weighted by molar-refractivity contribution is -0.384. The summed E-state index contributed by atoms with van der Waals surface area (Å²) in [6.07, 6.45) is 3.74. The number of aromatic nitrogens is 2. The highest BCUT2D eigenvalue weighted by atomic mass is 16.6. The number of rotatable bonds is 8. The van der Waals surface area contributed by atoms with Gasteiger partial charge in [-0.3, -0.25) is 19.7 Å². The minimum Gasteiger partial charge on any atom is -0.348 e. The number of carbonyl (C=O) groups excluding carboxylic acids is 2. The molecule has 3 aromatic rings. The van der Waals surface area contributed by atoms with Crippen LogP contribution in [-0.2, 0) is 11.3 Å². The van der Waals surface area contributed by atoms with Gasteiger partial charge in [0.15, 0.2) is 0 Å². The Bertz CT molecular complexity index is 1090. The molecule has 1 aromatic heterocycles. The monoisotopic (exact) mass is 421 g/mol. The van der Waals surface area contributed by atoms with Crippen molar-refractivity contribution in [3.8, 4) is 5.69 Å². The zero-order valence-electron chi connectivity index (χ0n) is 17.2. The molecule has 1 atom stereocenters. The number of non-ortho nitro benzene ring substituents is 1. The fraction of sp³-hybridized carbons (Fsp3) is 0.227. The molecule has 0 saturated heterocycles. The molecule has 2 aromatic carbocycles. The SMILES string of the molecule is CCC(C)C(=O)Nc1cccc(CNC(=O)c2cnn(-c3ccc([N+](=O)[O-])cc3)c2)c1. The summed E-state index contributed by atoms with van der Waals surface area (Å²) in [6, 6.07) is 13.2. The lowest BCUT2D eigenvalue weighted by Crippen LogP contribution is -2.23. The van der Waals surface area contributed by atoms with Crippen molar-refractivity contribution < 1.29 is 14.5 Å². The number of carbonyl (C=O) groups is 2. The number of nitro groups is 1. The van der Waals surface area contributed by atoms with E-state index in [1.807, 2.05) is 32.0 Å². The highest BCUT2D eigenvalue weighted by Gasteiger charge is 2.12. The number of nitro benzene ring substituents is 1. The smallest absolute Gasteiger partial charge is 0.269 e. The van der Waals surface area contributed by atoms with Gasteiger partial charge < -0.3 is 10.6 Å². The first kappa shape index (κ1) is 21.7. The predicted octanol–water partition coefficient (Wildman–Crippen LogP) is 3.70. The van der Waals surface area contributed by atoms with Crippen molar-refractivity contribution in [2.24, 2.45) is 5.92 Å². The van der Waals surface area contributed by atoms with Crippen LogP contribution in [0.4, 0.5) is 11.4 Å². The van der Waals surface area contributed by atoms with E-state index >= 15 is 0 Å². The average Bonchev–Trinajstić information content (AvgIpc) is 3.27. The summed E-state index contributed by atoms with van der Waals surface area (Å²) in [5.41, 5.74) is 2.48. The van der Waals surface area contributed by atoms with Gasteiger partial charge in [-0.1, -0.05) is 26.0 Å². The highest BCUT2D eigenvalue weighted by Crippen LogP contribution is 2.16. The van der Waals surface area contributed by atoms with Gasteiger partial charge in [0.25, 0.3) is 11.6 Å². The molecule has 0 fully saturated rings. The summed E-state index contributed by atoms with van der Waals surface area (Å²) in [5.74, 6) is -0.416. The Morgan fingerprint density at radius 1 is 1.19 bits per heavy atom. The topological polar surface area (TPSA) is 119 Å². The summed E-state index contributed by atoms with van der Waals surface area (Å²) in [7, 11) is 0. The van der Waals surface area contributed by atoms with Gasteiger partial charge in [0.2, 0.25) is 5.91 Å². The van der Waals surface area contributed by atoms with Gasteiger partial charge in [-0.15, -0.1) is 0 Å². The van der Waals surface area contributed by atoms with Crippen LogP contribution in [0.2, 0.25) is 0 Å². The zero-order valence-corrected chi connectivity index (χ0v) is 17.2. The number of anilines is 1. The van der Waals surface area contributed by atoms with Gasteiger partial charge in [0.05, 0.1) is 22.4 Å². The Kier molecular flexibility index (Phi) is 6.76. The Balaban J connectivity index is 1.61. The zero-order chi connectivity index (χ0) is 22.4. The molecule has 2 amide bonds. The molecule has 0 radical (unpaired) electrons. The molecule has 31 heavy (non-hydrogen) atoms. The van der Waals surface area contributed by atoms with Crippen LogP contribution in [0.15, 0.2) is 60.9 Å². The summed E-state index contributed by atoms with van der Waals surface area (Å²) >= 11 is 0. The Hall–Kier alpha value is -4.01. The van der Waals surface area contributed by atoms with E-state index in [0.29, 0.717) is 16.9 Å². The summed E-state index contributed by atoms with van der Waals surface area (Å²) in [5, 5.41) is 20.6. The number of hydrogen-bond acceptors (Lipinski definition) is 5. The van der Waals surface area contributed by atoms with Crippen LogP contribution < -0.4 is 10.6 Å².